The number of carboxylic acid groups (broad SMARTS) is 1. The van der Waals surface area contributed by atoms with E-state index in [1.807, 2.05) is 0 Å². The molecule has 4 saturated carbocycles. The average Bonchev–Trinajstić information content (AvgIpc) is 3.22. The standard InChI is InChI=1S/C48H78O17/c1-21-29(51)31(53)35(57)40(60-21)64-37-32(54)30(52)24(20-49)61-41(37)65-38-34(56)33(55)36(39(58)59)63-42(38)62-28-13-14-46(7)25(44(28,4)5)12-15-48(9)26(46)11-10-22-23-18-43(2,3)19-27(50)45(23,6)16-17-47(22,48)8/h10,21,23-38,40-42,49-57H,11-20H2,1-9H3,(H,58,59)/t21-,23+,24-,25+,26-,27-,28+,29-,30-,31+,32+,33+,34-,35-,36+,37+,38-,40-,41-,42-,45-,46-,47-,48+/m0/s1. The number of aliphatic carboxylic acids is 1. The van der Waals surface area contributed by atoms with Gasteiger partial charge in [-0.15, -0.1) is 0 Å². The molecule has 7 fully saturated rings. The lowest BCUT2D eigenvalue weighted by atomic mass is 9.33. The van der Waals surface area contributed by atoms with Crippen molar-refractivity contribution in [2.75, 3.05) is 6.61 Å². The molecule has 3 saturated heterocycles. The fourth-order valence-corrected chi connectivity index (χ4v) is 15.1. The van der Waals surface area contributed by atoms with Crippen molar-refractivity contribution in [3.8, 4) is 0 Å². The molecule has 8 rings (SSSR count). The molecular formula is C48H78O17. The lowest BCUT2D eigenvalue weighted by molar-refractivity contribution is -0.395. The Morgan fingerprint density at radius 2 is 1.29 bits per heavy atom. The fourth-order valence-electron chi connectivity index (χ4n) is 15.1. The van der Waals surface area contributed by atoms with E-state index in [0.29, 0.717) is 18.3 Å². The first kappa shape index (κ1) is 50.0. The molecule has 0 bridgehead atoms. The lowest BCUT2D eigenvalue weighted by Gasteiger charge is -2.71. The van der Waals surface area contributed by atoms with E-state index in [0.717, 1.165) is 51.4 Å². The third-order valence-corrected chi connectivity index (χ3v) is 19.4. The quantitative estimate of drug-likeness (QED) is 0.123. The molecule has 0 aromatic carbocycles. The maximum atomic E-state index is 12.5. The first-order valence-corrected chi connectivity index (χ1v) is 24.1. The van der Waals surface area contributed by atoms with Gasteiger partial charge in [0.05, 0.1) is 24.9 Å². The van der Waals surface area contributed by atoms with Crippen LogP contribution in [0.4, 0.5) is 0 Å². The van der Waals surface area contributed by atoms with E-state index < -0.39 is 116 Å². The van der Waals surface area contributed by atoms with Crippen LogP contribution in [0.25, 0.3) is 0 Å². The molecular weight excluding hydrogens is 849 g/mol. The molecule has 0 aromatic rings. The van der Waals surface area contributed by atoms with Gasteiger partial charge >= 0.3 is 5.97 Å². The highest BCUT2D eigenvalue weighted by Gasteiger charge is 2.69. The first-order chi connectivity index (χ1) is 30.2. The molecule has 3 aliphatic heterocycles. The molecule has 17 heteroatoms. The Hall–Kier alpha value is -1.39. The summed E-state index contributed by atoms with van der Waals surface area (Å²) < 4.78 is 36.4. The number of hydrogen-bond acceptors (Lipinski definition) is 16. The van der Waals surface area contributed by atoms with Crippen molar-refractivity contribution in [3.63, 3.8) is 0 Å². The third kappa shape index (κ3) is 7.81. The maximum Gasteiger partial charge on any atom is 0.335 e. The predicted octanol–water partition coefficient (Wildman–Crippen LogP) is 1.73. The Morgan fingerprint density at radius 3 is 1.94 bits per heavy atom. The minimum absolute atomic E-state index is 0.00181. The van der Waals surface area contributed by atoms with Crippen molar-refractivity contribution in [1.29, 1.82) is 0 Å². The number of aliphatic hydroxyl groups is 9. The minimum Gasteiger partial charge on any atom is -0.479 e. The van der Waals surface area contributed by atoms with Crippen molar-refractivity contribution in [1.82, 2.24) is 0 Å². The van der Waals surface area contributed by atoms with E-state index in [-0.39, 0.29) is 39.1 Å². The van der Waals surface area contributed by atoms with Gasteiger partial charge in [0.25, 0.3) is 0 Å². The average molecular weight is 927 g/mol. The van der Waals surface area contributed by atoms with Gasteiger partial charge in [0.15, 0.2) is 25.0 Å². The molecule has 3 heterocycles. The summed E-state index contributed by atoms with van der Waals surface area (Å²) in [4.78, 5) is 12.5. The van der Waals surface area contributed by atoms with Crippen molar-refractivity contribution in [2.45, 2.75) is 224 Å². The van der Waals surface area contributed by atoms with Gasteiger partial charge in [-0.3, -0.25) is 0 Å². The van der Waals surface area contributed by atoms with Gasteiger partial charge < -0.3 is 79.5 Å². The van der Waals surface area contributed by atoms with Crippen LogP contribution >= 0.6 is 0 Å². The minimum atomic E-state index is -2.02. The predicted molar refractivity (Wildman–Crippen MR) is 229 cm³/mol. The summed E-state index contributed by atoms with van der Waals surface area (Å²) in [6.07, 6.45) is -15.9. The van der Waals surface area contributed by atoms with Crippen molar-refractivity contribution in [3.05, 3.63) is 11.6 Å². The van der Waals surface area contributed by atoms with Gasteiger partial charge in [-0.1, -0.05) is 67.0 Å². The molecule has 65 heavy (non-hydrogen) atoms. The van der Waals surface area contributed by atoms with Gasteiger partial charge in [-0.25, -0.2) is 4.79 Å². The highest BCUT2D eigenvalue weighted by molar-refractivity contribution is 5.73. The van der Waals surface area contributed by atoms with E-state index in [9.17, 15) is 55.9 Å². The number of fused-ring (bicyclic) bond motifs is 7. The van der Waals surface area contributed by atoms with E-state index in [4.69, 9.17) is 28.4 Å². The van der Waals surface area contributed by atoms with Crippen LogP contribution in [-0.4, -0.2) is 168 Å². The van der Waals surface area contributed by atoms with Crippen LogP contribution in [-0.2, 0) is 33.2 Å². The molecule has 17 nitrogen and oxygen atoms in total. The lowest BCUT2D eigenvalue weighted by Crippen LogP contribution is -2.68. The summed E-state index contributed by atoms with van der Waals surface area (Å²) in [5.74, 6) is -0.724. The van der Waals surface area contributed by atoms with Crippen LogP contribution in [0.1, 0.15) is 120 Å². The molecule has 24 atom stereocenters. The number of ether oxygens (including phenoxy) is 6. The fraction of sp³-hybridized carbons (Fsp3) is 0.938. The third-order valence-electron chi connectivity index (χ3n) is 19.4. The van der Waals surface area contributed by atoms with Crippen LogP contribution in [0.15, 0.2) is 11.6 Å². The zero-order valence-corrected chi connectivity index (χ0v) is 39.5. The Balaban J connectivity index is 1.06. The van der Waals surface area contributed by atoms with E-state index in [1.54, 1.807) is 5.57 Å². The number of rotatable bonds is 8. The van der Waals surface area contributed by atoms with Crippen molar-refractivity contribution < 1.29 is 84.3 Å². The summed E-state index contributed by atoms with van der Waals surface area (Å²) in [6, 6.07) is 0. The molecule has 0 unspecified atom stereocenters. The second-order valence-electron chi connectivity index (χ2n) is 23.8. The van der Waals surface area contributed by atoms with Crippen LogP contribution in [0.3, 0.4) is 0 Å². The summed E-state index contributed by atoms with van der Waals surface area (Å²) in [5.41, 5.74) is 0.763. The van der Waals surface area contributed by atoms with Gasteiger partial charge in [0.2, 0.25) is 0 Å². The number of allylic oxidation sites excluding steroid dienone is 2. The normalized spacial score (nSPS) is 55.1. The summed E-state index contributed by atoms with van der Waals surface area (Å²) in [5, 5.41) is 108. The van der Waals surface area contributed by atoms with Crippen molar-refractivity contribution >= 4 is 5.97 Å². The highest BCUT2D eigenvalue weighted by Crippen LogP contribution is 2.76. The molecule has 10 N–H and O–H groups in total. The molecule has 8 aliphatic rings. The molecule has 0 amide bonds. The zero-order valence-electron chi connectivity index (χ0n) is 39.5. The Labute approximate surface area is 382 Å². The van der Waals surface area contributed by atoms with Gasteiger partial charge in [-0.05, 0) is 110 Å². The number of hydrogen-bond donors (Lipinski definition) is 10. The summed E-state index contributed by atoms with van der Waals surface area (Å²) in [6.45, 7) is 19.3. The SMILES string of the molecule is C[C@@H]1O[C@@H](O[C@H]2[C@H](O[C@@H]3[C@@H](O[C@@H]4CC[C@@]5(C)[C@H](CC[C@]6(C)[C@H]5CC=C5[C@H]7CC(C)(C)C[C@H](O)[C@@]7(C)CC[C@@]56C)C4(C)C)O[C@@H](C(=O)O)[C@H](O)[C@@H]3O)O[C@@H](CO)[C@H](O)[C@H]2O)[C@@H](O)[C@H](O)[C@H]1O. The van der Waals surface area contributed by atoms with Gasteiger partial charge in [0, 0.05) is 5.41 Å². The van der Waals surface area contributed by atoms with E-state index in [2.05, 4.69) is 61.5 Å². The van der Waals surface area contributed by atoms with Gasteiger partial charge in [0.1, 0.15) is 61.0 Å². The molecule has 5 aliphatic carbocycles. The smallest absolute Gasteiger partial charge is 0.335 e. The molecule has 0 aromatic heterocycles. The largest absolute Gasteiger partial charge is 0.479 e. The summed E-state index contributed by atoms with van der Waals surface area (Å²) in [7, 11) is 0. The Kier molecular flexibility index (Phi) is 13.2. The van der Waals surface area contributed by atoms with Crippen LogP contribution in [0.5, 0.6) is 0 Å². The number of carbonyl (C=O) groups is 1. The zero-order chi connectivity index (χ0) is 47.7. The molecule has 0 spiro atoms. The number of carboxylic acids is 1. The monoisotopic (exact) mass is 927 g/mol. The van der Waals surface area contributed by atoms with Crippen molar-refractivity contribution in [2.24, 2.45) is 50.2 Å². The second kappa shape index (κ2) is 17.2. The Morgan fingerprint density at radius 1 is 0.662 bits per heavy atom. The van der Waals surface area contributed by atoms with E-state index >= 15 is 0 Å². The van der Waals surface area contributed by atoms with E-state index in [1.165, 1.54) is 6.92 Å². The maximum absolute atomic E-state index is 12.5. The highest BCUT2D eigenvalue weighted by atomic mass is 16.8. The first-order valence-electron chi connectivity index (χ1n) is 24.1. The van der Waals surface area contributed by atoms with Crippen LogP contribution < -0.4 is 0 Å². The second-order valence-corrected chi connectivity index (χ2v) is 23.8. The van der Waals surface area contributed by atoms with Crippen LogP contribution in [0, 0.1) is 50.2 Å². The topological polar surface area (TPSA) is 275 Å². The van der Waals surface area contributed by atoms with Gasteiger partial charge in [-0.2, -0.15) is 0 Å². The Bertz CT molecular complexity index is 1790. The summed E-state index contributed by atoms with van der Waals surface area (Å²) >= 11 is 0. The molecule has 0 radical (unpaired) electrons. The molecule has 372 valence electrons. The number of aliphatic hydroxyl groups excluding tert-OH is 9. The van der Waals surface area contributed by atoms with Crippen LogP contribution in [0.2, 0.25) is 0 Å².